The summed E-state index contributed by atoms with van der Waals surface area (Å²) in [5, 5.41) is 11.3. The monoisotopic (exact) mass is 456 g/mol. The number of rotatable bonds is 7. The van der Waals surface area contributed by atoms with Crippen LogP contribution < -0.4 is 10.1 Å². The third kappa shape index (κ3) is 4.63. The Bertz CT molecular complexity index is 1390. The van der Waals surface area contributed by atoms with Gasteiger partial charge in [0, 0.05) is 26.0 Å². The lowest BCUT2D eigenvalue weighted by Crippen LogP contribution is -2.12. The number of hydrogen-bond acceptors (Lipinski definition) is 8. The van der Waals surface area contributed by atoms with Gasteiger partial charge in [0.1, 0.15) is 29.4 Å². The highest BCUT2D eigenvalue weighted by atomic mass is 32.2. The molecule has 0 spiro atoms. The van der Waals surface area contributed by atoms with E-state index in [1.165, 1.54) is 23.1 Å². The Labute approximate surface area is 183 Å². The Morgan fingerprint density at radius 1 is 1.19 bits per heavy atom. The average molecular weight is 456 g/mol. The molecule has 166 valence electrons. The van der Waals surface area contributed by atoms with Gasteiger partial charge in [-0.25, -0.2) is 8.42 Å². The Morgan fingerprint density at radius 2 is 1.94 bits per heavy atom. The van der Waals surface area contributed by atoms with Crippen LogP contribution in [-0.4, -0.2) is 42.7 Å². The molecule has 0 aliphatic rings. The zero-order valence-corrected chi connectivity index (χ0v) is 18.3. The first-order valence-corrected chi connectivity index (χ1v) is 11.3. The summed E-state index contributed by atoms with van der Waals surface area (Å²) in [5.74, 6) is 1.21. The molecular formula is C21H20N4O6S. The van der Waals surface area contributed by atoms with E-state index in [0.717, 1.165) is 6.26 Å². The van der Waals surface area contributed by atoms with Crippen LogP contribution in [0.5, 0.6) is 11.5 Å². The van der Waals surface area contributed by atoms with E-state index in [-0.39, 0.29) is 17.1 Å². The quantitative estimate of drug-likeness (QED) is 0.449. The van der Waals surface area contributed by atoms with E-state index in [2.05, 4.69) is 15.5 Å². The van der Waals surface area contributed by atoms with Gasteiger partial charge in [-0.2, -0.15) is 9.90 Å². The molecule has 0 bridgehead atoms. The second-order valence-electron chi connectivity index (χ2n) is 7.05. The van der Waals surface area contributed by atoms with Gasteiger partial charge in [-0.1, -0.05) is 0 Å². The molecule has 1 N–H and O–H groups in total. The van der Waals surface area contributed by atoms with Crippen molar-refractivity contribution >= 4 is 32.5 Å². The predicted molar refractivity (Wildman–Crippen MR) is 116 cm³/mol. The van der Waals surface area contributed by atoms with Crippen LogP contribution in [0.3, 0.4) is 0 Å². The number of nitrogens with one attached hydrogen (secondary N) is 1. The molecule has 0 aliphatic heterocycles. The van der Waals surface area contributed by atoms with E-state index in [9.17, 15) is 13.2 Å². The molecule has 0 unspecified atom stereocenters. The minimum absolute atomic E-state index is 0.179. The number of aromatic nitrogens is 3. The molecular weight excluding hydrogens is 436 g/mol. The summed E-state index contributed by atoms with van der Waals surface area (Å²) in [7, 11) is -0.135. The summed E-state index contributed by atoms with van der Waals surface area (Å²) < 4.78 is 40.3. The smallest absolute Gasteiger partial charge is 0.257 e. The molecule has 0 aliphatic carbocycles. The molecule has 32 heavy (non-hydrogen) atoms. The Morgan fingerprint density at radius 3 is 2.56 bits per heavy atom. The molecule has 0 radical (unpaired) electrons. The van der Waals surface area contributed by atoms with Gasteiger partial charge in [0.2, 0.25) is 0 Å². The normalized spacial score (nSPS) is 11.6. The predicted octanol–water partition coefficient (Wildman–Crippen LogP) is 3.16. The van der Waals surface area contributed by atoms with Crippen LogP contribution in [0.15, 0.2) is 58.0 Å². The molecule has 4 aromatic rings. The maximum atomic E-state index is 12.8. The SMILES string of the molecule is COCc1cc2c(Oc3ccc(S(C)(=O)=O)cc3)cc(C(=O)Nc3cnn(C)n3)cc2o1. The van der Waals surface area contributed by atoms with Crippen molar-refractivity contribution in [3.05, 3.63) is 60.0 Å². The lowest BCUT2D eigenvalue weighted by atomic mass is 10.1. The fraction of sp³-hybridized carbons (Fsp3) is 0.190. The molecule has 10 nitrogen and oxygen atoms in total. The number of carbonyl (C=O) groups is 1. The lowest BCUT2D eigenvalue weighted by Gasteiger charge is -2.10. The molecule has 11 heteroatoms. The first-order chi connectivity index (χ1) is 15.2. The second-order valence-corrected chi connectivity index (χ2v) is 9.07. The minimum atomic E-state index is -3.33. The molecule has 2 aromatic carbocycles. The lowest BCUT2D eigenvalue weighted by molar-refractivity contribution is 0.102. The maximum Gasteiger partial charge on any atom is 0.257 e. The molecule has 0 saturated heterocycles. The topological polar surface area (TPSA) is 126 Å². The van der Waals surface area contributed by atoms with Crippen LogP contribution in [0.1, 0.15) is 16.1 Å². The van der Waals surface area contributed by atoms with Gasteiger partial charge in [0.25, 0.3) is 5.91 Å². The number of sulfone groups is 1. The van der Waals surface area contributed by atoms with Gasteiger partial charge in [0.15, 0.2) is 15.7 Å². The number of benzene rings is 2. The van der Waals surface area contributed by atoms with Crippen molar-refractivity contribution in [2.75, 3.05) is 18.7 Å². The molecule has 0 atom stereocenters. The van der Waals surface area contributed by atoms with Crippen molar-refractivity contribution in [1.29, 1.82) is 0 Å². The fourth-order valence-corrected chi connectivity index (χ4v) is 3.69. The number of hydrogen-bond donors (Lipinski definition) is 1. The van der Waals surface area contributed by atoms with Crippen molar-refractivity contribution in [3.63, 3.8) is 0 Å². The standard InChI is InChI=1S/C21H20N4O6S/c1-25-22-11-20(24-25)23-21(26)13-8-18(17-10-15(12-29-2)31-19(17)9-13)30-14-4-6-16(7-5-14)32(3,27)28/h4-11H,12H2,1-3H3,(H,23,24,26). The van der Waals surface area contributed by atoms with Gasteiger partial charge in [-0.05, 0) is 42.5 Å². The highest BCUT2D eigenvalue weighted by Crippen LogP contribution is 2.34. The Balaban J connectivity index is 1.71. The third-order valence-electron chi connectivity index (χ3n) is 4.52. The van der Waals surface area contributed by atoms with E-state index in [1.807, 2.05) is 0 Å². The number of anilines is 1. The number of carbonyl (C=O) groups excluding carboxylic acids is 1. The van der Waals surface area contributed by atoms with Crippen molar-refractivity contribution in [3.8, 4) is 11.5 Å². The van der Waals surface area contributed by atoms with Crippen LogP contribution in [0.2, 0.25) is 0 Å². The van der Waals surface area contributed by atoms with E-state index >= 15 is 0 Å². The van der Waals surface area contributed by atoms with Gasteiger partial charge >= 0.3 is 0 Å². The second kappa shape index (κ2) is 8.44. The van der Waals surface area contributed by atoms with E-state index < -0.39 is 15.7 Å². The Hall–Kier alpha value is -3.70. The first kappa shape index (κ1) is 21.5. The molecule has 0 fully saturated rings. The molecule has 4 rings (SSSR count). The number of fused-ring (bicyclic) bond motifs is 1. The zero-order chi connectivity index (χ0) is 22.9. The Kier molecular flexibility index (Phi) is 5.68. The number of aryl methyl sites for hydroxylation is 1. The summed E-state index contributed by atoms with van der Waals surface area (Å²) >= 11 is 0. The number of methoxy groups -OCH3 is 1. The summed E-state index contributed by atoms with van der Waals surface area (Å²) in [5.41, 5.74) is 0.718. The van der Waals surface area contributed by atoms with Crippen LogP contribution in [0.4, 0.5) is 5.82 Å². The van der Waals surface area contributed by atoms with Crippen LogP contribution in [0.25, 0.3) is 11.0 Å². The van der Waals surface area contributed by atoms with E-state index in [1.54, 1.807) is 44.5 Å². The summed E-state index contributed by atoms with van der Waals surface area (Å²) in [6.45, 7) is 0.248. The van der Waals surface area contributed by atoms with Crippen LogP contribution in [-0.2, 0) is 28.2 Å². The van der Waals surface area contributed by atoms with Crippen molar-refractivity contribution in [2.24, 2.45) is 7.05 Å². The summed E-state index contributed by atoms with van der Waals surface area (Å²) in [6.07, 6.45) is 2.56. The van der Waals surface area contributed by atoms with Gasteiger partial charge in [-0.15, -0.1) is 5.10 Å². The minimum Gasteiger partial charge on any atom is -0.458 e. The first-order valence-electron chi connectivity index (χ1n) is 9.44. The maximum absolute atomic E-state index is 12.8. The van der Waals surface area contributed by atoms with Crippen LogP contribution >= 0.6 is 0 Å². The molecule has 1 amide bonds. The van der Waals surface area contributed by atoms with Crippen molar-refractivity contribution in [1.82, 2.24) is 15.0 Å². The van der Waals surface area contributed by atoms with E-state index in [0.29, 0.717) is 34.0 Å². The number of amides is 1. The van der Waals surface area contributed by atoms with Gasteiger partial charge in [0.05, 0.1) is 16.5 Å². The molecule has 2 heterocycles. The number of nitrogens with zero attached hydrogens (tertiary/aromatic N) is 3. The molecule has 2 aromatic heterocycles. The zero-order valence-electron chi connectivity index (χ0n) is 17.5. The van der Waals surface area contributed by atoms with Crippen molar-refractivity contribution < 1.29 is 27.1 Å². The molecule has 0 saturated carbocycles. The fourth-order valence-electron chi connectivity index (χ4n) is 3.06. The summed E-state index contributed by atoms with van der Waals surface area (Å²) in [6, 6.07) is 10.9. The van der Waals surface area contributed by atoms with E-state index in [4.69, 9.17) is 13.9 Å². The van der Waals surface area contributed by atoms with Gasteiger partial charge < -0.3 is 19.2 Å². The number of furan rings is 1. The van der Waals surface area contributed by atoms with Crippen LogP contribution in [0, 0.1) is 0 Å². The third-order valence-corrected chi connectivity index (χ3v) is 5.65. The highest BCUT2D eigenvalue weighted by Gasteiger charge is 2.17. The summed E-state index contributed by atoms with van der Waals surface area (Å²) in [4.78, 5) is 14.3. The average Bonchev–Trinajstić information content (AvgIpc) is 3.33. The number of ether oxygens (including phenoxy) is 2. The van der Waals surface area contributed by atoms with Crippen molar-refractivity contribution in [2.45, 2.75) is 11.5 Å². The van der Waals surface area contributed by atoms with Gasteiger partial charge in [-0.3, -0.25) is 4.79 Å². The largest absolute Gasteiger partial charge is 0.458 e. The highest BCUT2D eigenvalue weighted by molar-refractivity contribution is 7.90.